The molecule has 2 aromatic rings. The summed E-state index contributed by atoms with van der Waals surface area (Å²) in [6.07, 6.45) is 0.773. The van der Waals surface area contributed by atoms with Crippen molar-refractivity contribution in [1.29, 1.82) is 5.26 Å². The van der Waals surface area contributed by atoms with E-state index >= 15 is 0 Å². The molecule has 0 aliphatic heterocycles. The van der Waals surface area contributed by atoms with Crippen LogP contribution in [-0.2, 0) is 4.79 Å². The molecule has 6 nitrogen and oxygen atoms in total. The Balaban J connectivity index is 1.91. The topological polar surface area (TPSA) is 83.7 Å². The number of rotatable bonds is 7. The molecule has 0 heterocycles. The summed E-state index contributed by atoms with van der Waals surface area (Å²) in [7, 11) is 0. The molecule has 0 saturated heterocycles. The van der Waals surface area contributed by atoms with E-state index in [0.29, 0.717) is 17.1 Å². The monoisotopic (exact) mass is 323 g/mol. The Morgan fingerprint density at radius 1 is 1.25 bits per heavy atom. The van der Waals surface area contributed by atoms with E-state index in [0.717, 1.165) is 0 Å². The summed E-state index contributed by atoms with van der Waals surface area (Å²) in [5.74, 6) is 0.760. The van der Waals surface area contributed by atoms with Crippen molar-refractivity contribution in [2.24, 2.45) is 5.10 Å². The van der Waals surface area contributed by atoms with Gasteiger partial charge in [-0.05, 0) is 31.2 Å². The maximum absolute atomic E-state index is 12.0. The normalized spacial score (nSPS) is 11.5. The lowest BCUT2D eigenvalue weighted by Gasteiger charge is -2.12. The van der Waals surface area contributed by atoms with Gasteiger partial charge < -0.3 is 9.47 Å². The van der Waals surface area contributed by atoms with Crippen LogP contribution >= 0.6 is 0 Å². The maximum atomic E-state index is 12.0. The number of para-hydroxylation sites is 2. The Kier molecular flexibility index (Phi) is 6.35. The molecule has 1 atom stereocenters. The predicted octanol–water partition coefficient (Wildman–Crippen LogP) is 2.51. The van der Waals surface area contributed by atoms with Gasteiger partial charge in [-0.2, -0.15) is 10.4 Å². The third-order valence-electron chi connectivity index (χ3n) is 3.01. The summed E-state index contributed by atoms with van der Waals surface area (Å²) >= 11 is 0. The summed E-state index contributed by atoms with van der Waals surface area (Å²) in [4.78, 5) is 12.0. The number of nitrogens with zero attached hydrogens (tertiary/aromatic N) is 2. The summed E-state index contributed by atoms with van der Waals surface area (Å²) in [6, 6.07) is 18.1. The number of benzene rings is 2. The highest BCUT2D eigenvalue weighted by Gasteiger charge is 2.13. The maximum Gasteiger partial charge on any atom is 0.280 e. The lowest BCUT2D eigenvalue weighted by atomic mass is 10.2. The highest BCUT2D eigenvalue weighted by atomic mass is 16.5. The Morgan fingerprint density at radius 3 is 2.71 bits per heavy atom. The molecule has 0 aliphatic rings. The van der Waals surface area contributed by atoms with Gasteiger partial charge in [-0.25, -0.2) is 5.43 Å². The van der Waals surface area contributed by atoms with E-state index in [4.69, 9.17) is 14.7 Å². The highest BCUT2D eigenvalue weighted by molar-refractivity contribution is 5.86. The Hall–Kier alpha value is -3.33. The van der Waals surface area contributed by atoms with Gasteiger partial charge in [0.15, 0.2) is 12.7 Å². The van der Waals surface area contributed by atoms with E-state index in [-0.39, 0.29) is 12.5 Å². The van der Waals surface area contributed by atoms with Gasteiger partial charge in [-0.3, -0.25) is 4.79 Å². The second-order valence-corrected chi connectivity index (χ2v) is 4.79. The largest absolute Gasteiger partial charge is 0.481 e. The summed E-state index contributed by atoms with van der Waals surface area (Å²) in [5.41, 5.74) is 3.08. The molecule has 0 aliphatic carbocycles. The fraction of sp³-hybridized carbons (Fsp3) is 0.167. The molecular weight excluding hydrogens is 306 g/mol. The van der Waals surface area contributed by atoms with E-state index in [9.17, 15) is 4.79 Å². The zero-order valence-electron chi connectivity index (χ0n) is 13.2. The number of nitrogens with one attached hydrogen (secondary N) is 1. The quantitative estimate of drug-likeness (QED) is 0.627. The van der Waals surface area contributed by atoms with Gasteiger partial charge in [0, 0.05) is 5.56 Å². The van der Waals surface area contributed by atoms with Crippen LogP contribution in [0.1, 0.15) is 12.5 Å². The van der Waals surface area contributed by atoms with Crippen molar-refractivity contribution in [2.75, 3.05) is 6.61 Å². The molecule has 0 saturated carbocycles. The average Bonchev–Trinajstić information content (AvgIpc) is 2.61. The molecule has 0 spiro atoms. The molecule has 122 valence electrons. The Labute approximate surface area is 140 Å². The fourth-order valence-corrected chi connectivity index (χ4v) is 1.84. The SMILES string of the molecule is C[C@@H](Oc1ccccc1)C(=O)N/N=C/c1ccccc1OCC#N. The van der Waals surface area contributed by atoms with Crippen LogP contribution in [-0.4, -0.2) is 24.8 Å². The number of nitriles is 1. The standard InChI is InChI=1S/C18H17N3O3/c1-14(24-16-8-3-2-4-9-16)18(22)21-20-13-15-7-5-6-10-17(15)23-12-11-19/h2-10,13-14H,12H2,1H3,(H,21,22)/b20-13+/t14-/m1/s1. The van der Waals surface area contributed by atoms with E-state index in [1.165, 1.54) is 6.21 Å². The van der Waals surface area contributed by atoms with Crippen LogP contribution in [0.5, 0.6) is 11.5 Å². The van der Waals surface area contributed by atoms with Crippen LogP contribution in [0.15, 0.2) is 59.7 Å². The molecule has 1 amide bonds. The first-order valence-corrected chi connectivity index (χ1v) is 7.34. The summed E-state index contributed by atoms with van der Waals surface area (Å²) in [5, 5.41) is 12.5. The Morgan fingerprint density at radius 2 is 1.96 bits per heavy atom. The first-order chi connectivity index (χ1) is 11.7. The first kappa shape index (κ1) is 17.0. The molecule has 6 heteroatoms. The lowest BCUT2D eigenvalue weighted by Crippen LogP contribution is -2.33. The second-order valence-electron chi connectivity index (χ2n) is 4.79. The zero-order valence-corrected chi connectivity index (χ0v) is 13.2. The molecule has 24 heavy (non-hydrogen) atoms. The van der Waals surface area contributed by atoms with Crippen LogP contribution in [0, 0.1) is 11.3 Å². The average molecular weight is 323 g/mol. The number of hydrogen-bond donors (Lipinski definition) is 1. The molecular formula is C18H17N3O3. The van der Waals surface area contributed by atoms with E-state index < -0.39 is 6.10 Å². The van der Waals surface area contributed by atoms with Gasteiger partial charge in [0.25, 0.3) is 5.91 Å². The van der Waals surface area contributed by atoms with Crippen LogP contribution < -0.4 is 14.9 Å². The molecule has 0 radical (unpaired) electrons. The first-order valence-electron chi connectivity index (χ1n) is 7.34. The third kappa shape index (κ3) is 5.14. The molecule has 0 aromatic heterocycles. The fourth-order valence-electron chi connectivity index (χ4n) is 1.84. The number of hydrogen-bond acceptors (Lipinski definition) is 5. The zero-order chi connectivity index (χ0) is 17.2. The molecule has 0 fully saturated rings. The summed E-state index contributed by atoms with van der Waals surface area (Å²) in [6.45, 7) is 1.58. The van der Waals surface area contributed by atoms with Crippen molar-refractivity contribution in [3.63, 3.8) is 0 Å². The molecule has 0 bridgehead atoms. The number of carbonyl (C=O) groups is 1. The second kappa shape index (κ2) is 8.96. The lowest BCUT2D eigenvalue weighted by molar-refractivity contribution is -0.127. The number of ether oxygens (including phenoxy) is 2. The van der Waals surface area contributed by atoms with Crippen molar-refractivity contribution in [2.45, 2.75) is 13.0 Å². The number of amides is 1. The van der Waals surface area contributed by atoms with E-state index in [2.05, 4.69) is 10.5 Å². The van der Waals surface area contributed by atoms with Crippen molar-refractivity contribution < 1.29 is 14.3 Å². The van der Waals surface area contributed by atoms with Gasteiger partial charge in [-0.15, -0.1) is 0 Å². The van der Waals surface area contributed by atoms with Crippen molar-refractivity contribution in [3.05, 3.63) is 60.2 Å². The van der Waals surface area contributed by atoms with Gasteiger partial charge in [0.2, 0.25) is 0 Å². The van der Waals surface area contributed by atoms with Gasteiger partial charge >= 0.3 is 0 Å². The van der Waals surface area contributed by atoms with Gasteiger partial charge in [0.05, 0.1) is 6.21 Å². The van der Waals surface area contributed by atoms with Crippen LogP contribution in [0.4, 0.5) is 0 Å². The minimum atomic E-state index is -0.686. The number of carbonyl (C=O) groups excluding carboxylic acids is 1. The van der Waals surface area contributed by atoms with Crippen molar-refractivity contribution >= 4 is 12.1 Å². The minimum absolute atomic E-state index is 0.0564. The molecule has 1 N–H and O–H groups in total. The molecule has 2 aromatic carbocycles. The smallest absolute Gasteiger partial charge is 0.280 e. The molecule has 0 unspecified atom stereocenters. The van der Waals surface area contributed by atoms with Crippen molar-refractivity contribution in [3.8, 4) is 17.6 Å². The molecule has 2 rings (SSSR count). The van der Waals surface area contributed by atoms with Gasteiger partial charge in [0.1, 0.15) is 17.6 Å². The van der Waals surface area contributed by atoms with E-state index in [1.807, 2.05) is 30.3 Å². The van der Waals surface area contributed by atoms with Crippen LogP contribution in [0.2, 0.25) is 0 Å². The van der Waals surface area contributed by atoms with Crippen LogP contribution in [0.3, 0.4) is 0 Å². The predicted molar refractivity (Wildman–Crippen MR) is 89.8 cm³/mol. The van der Waals surface area contributed by atoms with E-state index in [1.54, 1.807) is 37.3 Å². The van der Waals surface area contributed by atoms with Crippen LogP contribution in [0.25, 0.3) is 0 Å². The number of hydrazone groups is 1. The third-order valence-corrected chi connectivity index (χ3v) is 3.01. The summed E-state index contributed by atoms with van der Waals surface area (Å²) < 4.78 is 10.8. The van der Waals surface area contributed by atoms with Crippen molar-refractivity contribution in [1.82, 2.24) is 5.43 Å². The highest BCUT2D eigenvalue weighted by Crippen LogP contribution is 2.15. The minimum Gasteiger partial charge on any atom is -0.481 e. The Bertz CT molecular complexity index is 739. The van der Waals surface area contributed by atoms with Gasteiger partial charge in [-0.1, -0.05) is 30.3 Å².